The van der Waals surface area contributed by atoms with Crippen molar-refractivity contribution in [1.29, 1.82) is 0 Å². The Morgan fingerprint density at radius 2 is 1.56 bits per heavy atom. The van der Waals surface area contributed by atoms with E-state index in [9.17, 15) is 26.3 Å². The molecule has 1 saturated heterocycles. The molecule has 2 rings (SSSR count). The minimum absolute atomic E-state index is 0. The molecule has 0 spiro atoms. The van der Waals surface area contributed by atoms with Gasteiger partial charge in [0.2, 0.25) is 0 Å². The largest absolute Gasteiger partial charge is 0.416 e. The maximum atomic E-state index is 13.3. The maximum absolute atomic E-state index is 13.3. The van der Waals surface area contributed by atoms with Crippen LogP contribution in [-0.2, 0) is 12.4 Å². The summed E-state index contributed by atoms with van der Waals surface area (Å²) in [7, 11) is 0. The number of benzene rings is 1. The lowest BCUT2D eigenvalue weighted by Crippen LogP contribution is -2.45. The van der Waals surface area contributed by atoms with Crippen LogP contribution in [0.5, 0.6) is 0 Å². The third-order valence-electron chi connectivity index (χ3n) is 4.02. The molecule has 0 radical (unpaired) electrons. The number of nitrogens with zero attached hydrogens (tertiary/aromatic N) is 1. The normalized spacial score (nSPS) is 17.4. The van der Waals surface area contributed by atoms with Gasteiger partial charge in [-0.05, 0) is 24.1 Å². The summed E-state index contributed by atoms with van der Waals surface area (Å²) in [6, 6.07) is 1.38. The fourth-order valence-corrected chi connectivity index (χ4v) is 2.94. The monoisotopic (exact) mass is 412 g/mol. The van der Waals surface area contributed by atoms with Crippen molar-refractivity contribution >= 4 is 24.8 Å². The van der Waals surface area contributed by atoms with Crippen LogP contribution in [0, 0.1) is 0 Å². The highest BCUT2D eigenvalue weighted by Gasteiger charge is 2.40. The number of halogens is 8. The zero-order valence-electron chi connectivity index (χ0n) is 13.4. The first-order chi connectivity index (χ1) is 10.6. The SMILES string of the molecule is CC[C@H](c1ccc(C(F)(F)F)cc1C(F)(F)F)N1CCNCC1.Cl.Cl. The van der Waals surface area contributed by atoms with Crippen molar-refractivity contribution in [3.8, 4) is 0 Å². The number of piperazine rings is 1. The summed E-state index contributed by atoms with van der Waals surface area (Å²) in [4.78, 5) is 1.88. The Balaban J connectivity index is 0.00000288. The second-order valence-corrected chi connectivity index (χ2v) is 5.51. The van der Waals surface area contributed by atoms with E-state index in [0.717, 1.165) is 12.1 Å². The first-order valence-corrected chi connectivity index (χ1v) is 7.37. The van der Waals surface area contributed by atoms with Gasteiger partial charge in [-0.3, -0.25) is 4.90 Å². The van der Waals surface area contributed by atoms with Crippen molar-refractivity contribution in [3.05, 3.63) is 34.9 Å². The predicted molar refractivity (Wildman–Crippen MR) is 88.4 cm³/mol. The second-order valence-electron chi connectivity index (χ2n) is 5.51. The highest BCUT2D eigenvalue weighted by Crippen LogP contribution is 2.41. The predicted octanol–water partition coefficient (Wildman–Crippen LogP) is 4.92. The van der Waals surface area contributed by atoms with Crippen molar-refractivity contribution in [2.45, 2.75) is 31.7 Å². The fraction of sp³-hybridized carbons (Fsp3) is 0.600. The highest BCUT2D eigenvalue weighted by atomic mass is 35.5. The zero-order chi connectivity index (χ0) is 17.3. The first kappa shape index (κ1) is 24.3. The third kappa shape index (κ3) is 5.91. The van der Waals surface area contributed by atoms with Crippen molar-refractivity contribution in [2.75, 3.05) is 26.2 Å². The Bertz CT molecular complexity index is 542. The van der Waals surface area contributed by atoms with Gasteiger partial charge in [-0.25, -0.2) is 0 Å². The van der Waals surface area contributed by atoms with Gasteiger partial charge in [0.15, 0.2) is 0 Å². The van der Waals surface area contributed by atoms with Gasteiger partial charge in [0.05, 0.1) is 11.1 Å². The summed E-state index contributed by atoms with van der Waals surface area (Å²) in [6.45, 7) is 4.18. The molecule has 2 nitrogen and oxygen atoms in total. The Morgan fingerprint density at radius 1 is 1.00 bits per heavy atom. The molecule has 1 atom stereocenters. The maximum Gasteiger partial charge on any atom is 0.416 e. The van der Waals surface area contributed by atoms with Crippen LogP contribution in [0.15, 0.2) is 18.2 Å². The smallest absolute Gasteiger partial charge is 0.314 e. The lowest BCUT2D eigenvalue weighted by Gasteiger charge is -2.36. The Labute approximate surface area is 154 Å². The molecule has 10 heteroatoms. The van der Waals surface area contributed by atoms with Crippen LogP contribution >= 0.6 is 24.8 Å². The van der Waals surface area contributed by atoms with Crippen LogP contribution in [0.2, 0.25) is 0 Å². The van der Waals surface area contributed by atoms with E-state index in [1.165, 1.54) is 0 Å². The van der Waals surface area contributed by atoms with Gasteiger partial charge in [0, 0.05) is 32.2 Å². The molecule has 1 heterocycles. The molecule has 0 aromatic heterocycles. The molecule has 0 unspecified atom stereocenters. The molecular formula is C15H20Cl2F6N2. The van der Waals surface area contributed by atoms with Gasteiger partial charge in [0.25, 0.3) is 0 Å². The standard InChI is InChI=1S/C15H18F6N2.2ClH/c1-2-13(23-7-5-22-6-8-23)11-4-3-10(14(16,17)18)9-12(11)15(19,20)21;;/h3-4,9,13,22H,2,5-8H2,1H3;2*1H/t13-;;/m1../s1. The lowest BCUT2D eigenvalue weighted by atomic mass is 9.94. The molecule has 0 aliphatic carbocycles. The van der Waals surface area contributed by atoms with Crippen LogP contribution in [0.25, 0.3) is 0 Å². The topological polar surface area (TPSA) is 15.3 Å². The number of alkyl halides is 6. The van der Waals surface area contributed by atoms with E-state index in [-0.39, 0.29) is 36.4 Å². The van der Waals surface area contributed by atoms with E-state index in [4.69, 9.17) is 0 Å². The van der Waals surface area contributed by atoms with Crippen molar-refractivity contribution < 1.29 is 26.3 Å². The van der Waals surface area contributed by atoms with E-state index in [1.807, 2.05) is 4.90 Å². The van der Waals surface area contributed by atoms with Gasteiger partial charge in [-0.15, -0.1) is 24.8 Å². The van der Waals surface area contributed by atoms with Crippen LogP contribution in [0.3, 0.4) is 0 Å². The van der Waals surface area contributed by atoms with Gasteiger partial charge in [-0.2, -0.15) is 26.3 Å². The van der Waals surface area contributed by atoms with Crippen molar-refractivity contribution in [2.24, 2.45) is 0 Å². The molecule has 1 fully saturated rings. The Morgan fingerprint density at radius 3 is 2.00 bits per heavy atom. The van der Waals surface area contributed by atoms with E-state index in [2.05, 4.69) is 5.32 Å². The average molecular weight is 413 g/mol. The molecule has 0 saturated carbocycles. The van der Waals surface area contributed by atoms with Crippen LogP contribution < -0.4 is 5.32 Å². The van der Waals surface area contributed by atoms with Gasteiger partial charge >= 0.3 is 12.4 Å². The van der Waals surface area contributed by atoms with Crippen molar-refractivity contribution in [1.82, 2.24) is 10.2 Å². The second kappa shape index (κ2) is 9.30. The van der Waals surface area contributed by atoms with Crippen molar-refractivity contribution in [3.63, 3.8) is 0 Å². The number of rotatable bonds is 3. The molecule has 1 aromatic carbocycles. The molecule has 25 heavy (non-hydrogen) atoms. The van der Waals surface area contributed by atoms with Gasteiger partial charge < -0.3 is 5.32 Å². The molecule has 1 aromatic rings. The van der Waals surface area contributed by atoms with Crippen LogP contribution in [0.4, 0.5) is 26.3 Å². The summed E-state index contributed by atoms with van der Waals surface area (Å²) in [5.74, 6) is 0. The molecular weight excluding hydrogens is 393 g/mol. The zero-order valence-corrected chi connectivity index (χ0v) is 15.0. The summed E-state index contributed by atoms with van der Waals surface area (Å²) in [5, 5.41) is 3.11. The molecule has 0 bridgehead atoms. The molecule has 146 valence electrons. The minimum Gasteiger partial charge on any atom is -0.314 e. The lowest BCUT2D eigenvalue weighted by molar-refractivity contribution is -0.143. The number of nitrogens with one attached hydrogen (secondary N) is 1. The van der Waals surface area contributed by atoms with Gasteiger partial charge in [0.1, 0.15) is 0 Å². The third-order valence-corrected chi connectivity index (χ3v) is 4.02. The van der Waals surface area contributed by atoms with E-state index >= 15 is 0 Å². The van der Waals surface area contributed by atoms with E-state index in [1.54, 1.807) is 6.92 Å². The summed E-state index contributed by atoms with van der Waals surface area (Å²) in [6.07, 6.45) is -9.22. The molecule has 1 aliphatic rings. The molecule has 1 aliphatic heterocycles. The fourth-order valence-electron chi connectivity index (χ4n) is 2.94. The summed E-state index contributed by atoms with van der Waals surface area (Å²) in [5.41, 5.74) is -2.56. The summed E-state index contributed by atoms with van der Waals surface area (Å²) >= 11 is 0. The van der Waals surface area contributed by atoms with E-state index < -0.39 is 29.5 Å². The highest BCUT2D eigenvalue weighted by molar-refractivity contribution is 5.85. The first-order valence-electron chi connectivity index (χ1n) is 7.37. The molecule has 1 N–H and O–H groups in total. The molecule has 0 amide bonds. The Hall–Kier alpha value is -0.700. The van der Waals surface area contributed by atoms with Crippen LogP contribution in [0.1, 0.15) is 36.1 Å². The van der Waals surface area contributed by atoms with Gasteiger partial charge in [-0.1, -0.05) is 13.0 Å². The Kier molecular flexibility index (Phi) is 9.04. The minimum atomic E-state index is -4.82. The quantitative estimate of drug-likeness (QED) is 0.708. The summed E-state index contributed by atoms with van der Waals surface area (Å²) < 4.78 is 78.1. The number of hydrogen-bond donors (Lipinski definition) is 1. The van der Waals surface area contributed by atoms with E-state index in [0.29, 0.717) is 32.6 Å². The number of hydrogen-bond acceptors (Lipinski definition) is 2. The van der Waals surface area contributed by atoms with Crippen LogP contribution in [-0.4, -0.2) is 31.1 Å². The average Bonchev–Trinajstić information content (AvgIpc) is 2.47.